The Morgan fingerprint density at radius 1 is 1.16 bits per heavy atom. The number of carbonyl (C=O) groups is 1. The van der Waals surface area contributed by atoms with Crippen molar-refractivity contribution in [3.63, 3.8) is 0 Å². The van der Waals surface area contributed by atoms with Crippen LogP contribution in [0.1, 0.15) is 11.4 Å². The summed E-state index contributed by atoms with van der Waals surface area (Å²) in [5.41, 5.74) is 1.35. The number of aromatic nitrogens is 3. The van der Waals surface area contributed by atoms with Crippen LogP contribution >= 0.6 is 23.4 Å². The van der Waals surface area contributed by atoms with Gasteiger partial charge in [-0.2, -0.15) is 0 Å². The molecule has 1 N–H and O–H groups in total. The van der Waals surface area contributed by atoms with Gasteiger partial charge in [0.1, 0.15) is 5.82 Å². The number of benzene rings is 2. The minimum absolute atomic E-state index is 0.0451. The highest BCUT2D eigenvalue weighted by atomic mass is 35.5. The first-order chi connectivity index (χ1) is 14.7. The van der Waals surface area contributed by atoms with Gasteiger partial charge >= 0.3 is 0 Å². The molecule has 0 spiro atoms. The van der Waals surface area contributed by atoms with E-state index in [1.807, 2.05) is 41.9 Å². The minimum Gasteiger partial charge on any atom is -0.324 e. The Morgan fingerprint density at radius 3 is 2.55 bits per heavy atom. The zero-order chi connectivity index (χ0) is 22.6. The third-order valence-corrected chi connectivity index (χ3v) is 7.61. The van der Waals surface area contributed by atoms with Gasteiger partial charge in [-0.3, -0.25) is 4.79 Å². The highest BCUT2D eigenvalue weighted by Gasteiger charge is 2.19. The topological polar surface area (TPSA) is 97.2 Å². The standard InChI is InChI=1S/C20H22ClN5O3S2/c1-25(2)31(28,29)15-9-10-16(21)17(12-15)22-19(27)13-30-20-24-23-18(26(20)3)11-14-7-5-4-6-8-14/h4-10,12H,11,13H2,1-3H3,(H,22,27). The van der Waals surface area contributed by atoms with Gasteiger partial charge in [-0.15, -0.1) is 10.2 Å². The van der Waals surface area contributed by atoms with E-state index >= 15 is 0 Å². The van der Waals surface area contributed by atoms with Crippen LogP contribution in [0.5, 0.6) is 0 Å². The summed E-state index contributed by atoms with van der Waals surface area (Å²) in [7, 11) is 1.09. The average Bonchev–Trinajstić information content (AvgIpc) is 3.08. The maximum absolute atomic E-state index is 12.4. The van der Waals surface area contributed by atoms with E-state index in [1.54, 1.807) is 0 Å². The number of rotatable bonds is 8. The van der Waals surface area contributed by atoms with Crippen molar-refractivity contribution >= 4 is 45.0 Å². The Balaban J connectivity index is 1.65. The SMILES string of the molecule is CN(C)S(=O)(=O)c1ccc(Cl)c(NC(=O)CSc2nnc(Cc3ccccc3)n2C)c1. The lowest BCUT2D eigenvalue weighted by Crippen LogP contribution is -2.22. The molecule has 0 atom stereocenters. The van der Waals surface area contributed by atoms with Crippen molar-refractivity contribution in [1.29, 1.82) is 0 Å². The van der Waals surface area contributed by atoms with Gasteiger partial charge in [0.05, 0.1) is 21.4 Å². The number of amides is 1. The second kappa shape index (κ2) is 9.82. The van der Waals surface area contributed by atoms with Crippen LogP contribution in [0.15, 0.2) is 58.6 Å². The Morgan fingerprint density at radius 2 is 1.87 bits per heavy atom. The van der Waals surface area contributed by atoms with E-state index in [1.165, 1.54) is 44.1 Å². The minimum atomic E-state index is -3.64. The third kappa shape index (κ3) is 5.65. The van der Waals surface area contributed by atoms with Crippen LogP contribution in [0.4, 0.5) is 5.69 Å². The molecule has 0 aliphatic carbocycles. The number of carbonyl (C=O) groups excluding carboxylic acids is 1. The summed E-state index contributed by atoms with van der Waals surface area (Å²) < 4.78 is 27.6. The quantitative estimate of drug-likeness (QED) is 0.499. The van der Waals surface area contributed by atoms with E-state index in [9.17, 15) is 13.2 Å². The summed E-state index contributed by atoms with van der Waals surface area (Å²) in [5.74, 6) is 0.524. The van der Waals surface area contributed by atoms with Gasteiger partial charge in [0.2, 0.25) is 15.9 Å². The Bertz CT molecular complexity index is 1180. The molecule has 164 valence electrons. The van der Waals surface area contributed by atoms with E-state index in [0.717, 1.165) is 15.7 Å². The predicted octanol–water partition coefficient (Wildman–Crippen LogP) is 3.04. The van der Waals surface area contributed by atoms with Crippen molar-refractivity contribution in [2.75, 3.05) is 25.2 Å². The molecule has 3 rings (SSSR count). The van der Waals surface area contributed by atoms with Crippen molar-refractivity contribution in [2.45, 2.75) is 16.5 Å². The molecule has 0 aliphatic rings. The van der Waals surface area contributed by atoms with Gasteiger partial charge in [0.15, 0.2) is 5.16 Å². The molecule has 1 amide bonds. The van der Waals surface area contributed by atoms with Crippen molar-refractivity contribution in [1.82, 2.24) is 19.1 Å². The number of sulfonamides is 1. The summed E-state index contributed by atoms with van der Waals surface area (Å²) in [4.78, 5) is 12.5. The molecule has 31 heavy (non-hydrogen) atoms. The van der Waals surface area contributed by atoms with E-state index in [-0.39, 0.29) is 27.3 Å². The van der Waals surface area contributed by atoms with Crippen molar-refractivity contribution in [3.05, 3.63) is 64.9 Å². The van der Waals surface area contributed by atoms with Crippen LogP contribution in [0, 0.1) is 0 Å². The zero-order valence-electron chi connectivity index (χ0n) is 17.2. The largest absolute Gasteiger partial charge is 0.324 e. The summed E-state index contributed by atoms with van der Waals surface area (Å²) in [6.07, 6.45) is 0.639. The first-order valence-corrected chi connectivity index (χ1v) is 12.1. The molecule has 3 aromatic rings. The summed E-state index contributed by atoms with van der Waals surface area (Å²) in [6, 6.07) is 14.1. The molecule has 1 aromatic heterocycles. The van der Waals surface area contributed by atoms with Crippen molar-refractivity contribution in [2.24, 2.45) is 7.05 Å². The molecule has 0 unspecified atom stereocenters. The highest BCUT2D eigenvalue weighted by Crippen LogP contribution is 2.27. The lowest BCUT2D eigenvalue weighted by molar-refractivity contribution is -0.113. The summed E-state index contributed by atoms with van der Waals surface area (Å²) >= 11 is 7.37. The number of hydrogen-bond donors (Lipinski definition) is 1. The van der Waals surface area contributed by atoms with Crippen molar-refractivity contribution in [3.8, 4) is 0 Å². The molecule has 0 bridgehead atoms. The Kier molecular flexibility index (Phi) is 7.37. The molecule has 0 aliphatic heterocycles. The number of hydrogen-bond acceptors (Lipinski definition) is 6. The summed E-state index contributed by atoms with van der Waals surface area (Å²) in [5, 5.41) is 11.9. The van der Waals surface area contributed by atoms with E-state index in [0.29, 0.717) is 11.6 Å². The fourth-order valence-electron chi connectivity index (χ4n) is 2.69. The van der Waals surface area contributed by atoms with Crippen LogP contribution in [-0.2, 0) is 28.3 Å². The molecule has 8 nitrogen and oxygen atoms in total. The van der Waals surface area contributed by atoms with Crippen molar-refractivity contribution < 1.29 is 13.2 Å². The molecule has 2 aromatic carbocycles. The number of anilines is 1. The van der Waals surface area contributed by atoms with Gasteiger partial charge in [0.25, 0.3) is 0 Å². The fraction of sp³-hybridized carbons (Fsp3) is 0.250. The maximum atomic E-state index is 12.4. The van der Waals surface area contributed by atoms with Crippen LogP contribution in [0.2, 0.25) is 5.02 Å². The normalized spacial score (nSPS) is 11.6. The van der Waals surface area contributed by atoms with Crippen LogP contribution in [0.25, 0.3) is 0 Å². The number of halogens is 1. The first kappa shape index (κ1) is 23.3. The molecule has 0 radical (unpaired) electrons. The molecule has 0 fully saturated rings. The first-order valence-electron chi connectivity index (χ1n) is 9.25. The second-order valence-electron chi connectivity index (χ2n) is 6.89. The molecular weight excluding hydrogens is 458 g/mol. The van der Waals surface area contributed by atoms with Gasteiger partial charge < -0.3 is 9.88 Å². The third-order valence-electron chi connectivity index (χ3n) is 4.45. The molecular formula is C20H22ClN5O3S2. The van der Waals surface area contributed by atoms with Crippen LogP contribution < -0.4 is 5.32 Å². The molecule has 0 saturated carbocycles. The van der Waals surface area contributed by atoms with E-state index in [2.05, 4.69) is 15.5 Å². The average molecular weight is 480 g/mol. The van der Waals surface area contributed by atoms with Gasteiger partial charge in [-0.05, 0) is 23.8 Å². The smallest absolute Gasteiger partial charge is 0.242 e. The van der Waals surface area contributed by atoms with Crippen LogP contribution in [-0.4, -0.2) is 53.2 Å². The molecule has 1 heterocycles. The molecule has 11 heteroatoms. The van der Waals surface area contributed by atoms with Gasteiger partial charge in [-0.1, -0.05) is 53.7 Å². The van der Waals surface area contributed by atoms with Gasteiger partial charge in [0, 0.05) is 27.6 Å². The number of nitrogens with one attached hydrogen (secondary N) is 1. The monoisotopic (exact) mass is 479 g/mol. The van der Waals surface area contributed by atoms with E-state index < -0.39 is 10.0 Å². The summed E-state index contributed by atoms with van der Waals surface area (Å²) in [6.45, 7) is 0. The fourth-order valence-corrected chi connectivity index (χ4v) is 4.51. The number of thioether (sulfide) groups is 1. The second-order valence-corrected chi connectivity index (χ2v) is 10.4. The lowest BCUT2D eigenvalue weighted by atomic mass is 10.1. The highest BCUT2D eigenvalue weighted by molar-refractivity contribution is 7.99. The molecule has 0 saturated heterocycles. The lowest BCUT2D eigenvalue weighted by Gasteiger charge is -2.13. The predicted molar refractivity (Wildman–Crippen MR) is 122 cm³/mol. The zero-order valence-corrected chi connectivity index (χ0v) is 19.6. The number of nitrogens with zero attached hydrogens (tertiary/aromatic N) is 4. The van der Waals surface area contributed by atoms with E-state index in [4.69, 9.17) is 11.6 Å². The Hall–Kier alpha value is -2.40. The van der Waals surface area contributed by atoms with Gasteiger partial charge in [-0.25, -0.2) is 12.7 Å². The maximum Gasteiger partial charge on any atom is 0.242 e. The van der Waals surface area contributed by atoms with Crippen LogP contribution in [0.3, 0.4) is 0 Å². The Labute approximate surface area is 190 Å².